The van der Waals surface area contributed by atoms with E-state index in [4.69, 9.17) is 17.3 Å². The van der Waals surface area contributed by atoms with Crippen LogP contribution in [0.2, 0.25) is 5.02 Å². The van der Waals surface area contributed by atoms with Crippen molar-refractivity contribution in [3.63, 3.8) is 0 Å². The number of anilines is 1. The maximum absolute atomic E-state index is 6.01. The predicted octanol–water partition coefficient (Wildman–Crippen LogP) is 4.81. The molecule has 0 aliphatic carbocycles. The van der Waals surface area contributed by atoms with Crippen LogP contribution in [0.15, 0.2) is 22.7 Å². The Morgan fingerprint density at radius 2 is 1.89 bits per heavy atom. The van der Waals surface area contributed by atoms with Crippen LogP contribution in [0.5, 0.6) is 0 Å². The second kappa shape index (κ2) is 7.37. The SMILES string of the molecule is CCCC(CN)(CCC)Nc1ccc(Cl)c(Br)c1. The van der Waals surface area contributed by atoms with E-state index >= 15 is 0 Å². The van der Waals surface area contributed by atoms with E-state index in [1.165, 1.54) is 0 Å². The zero-order valence-electron chi connectivity index (χ0n) is 11.1. The van der Waals surface area contributed by atoms with Gasteiger partial charge in [0.05, 0.1) is 5.02 Å². The molecule has 0 saturated carbocycles. The monoisotopic (exact) mass is 332 g/mol. The lowest BCUT2D eigenvalue weighted by atomic mass is 9.88. The normalized spacial score (nSPS) is 11.6. The zero-order valence-corrected chi connectivity index (χ0v) is 13.4. The van der Waals surface area contributed by atoms with Crippen LogP contribution in [-0.2, 0) is 0 Å². The third-order valence-electron chi connectivity index (χ3n) is 3.18. The Balaban J connectivity index is 2.90. The topological polar surface area (TPSA) is 38.0 Å². The summed E-state index contributed by atoms with van der Waals surface area (Å²) in [6, 6.07) is 5.91. The molecule has 1 aromatic carbocycles. The maximum Gasteiger partial charge on any atom is 0.0549 e. The van der Waals surface area contributed by atoms with Crippen molar-refractivity contribution in [2.75, 3.05) is 11.9 Å². The number of hydrogen-bond donors (Lipinski definition) is 2. The number of rotatable bonds is 7. The van der Waals surface area contributed by atoms with Gasteiger partial charge in [0.25, 0.3) is 0 Å². The van der Waals surface area contributed by atoms with Crippen LogP contribution in [-0.4, -0.2) is 12.1 Å². The van der Waals surface area contributed by atoms with E-state index in [-0.39, 0.29) is 5.54 Å². The second-order valence-corrected chi connectivity index (χ2v) is 6.00. The first-order chi connectivity index (χ1) is 8.56. The van der Waals surface area contributed by atoms with Gasteiger partial charge in [-0.1, -0.05) is 38.3 Å². The van der Waals surface area contributed by atoms with Crippen LogP contribution in [0.4, 0.5) is 5.69 Å². The standard InChI is InChI=1S/C14H22BrClN2/c1-3-7-14(10-17,8-4-2)18-11-5-6-13(16)12(15)9-11/h5-6,9,18H,3-4,7-8,10,17H2,1-2H3. The van der Waals surface area contributed by atoms with Gasteiger partial charge < -0.3 is 11.1 Å². The highest BCUT2D eigenvalue weighted by atomic mass is 79.9. The largest absolute Gasteiger partial charge is 0.378 e. The summed E-state index contributed by atoms with van der Waals surface area (Å²) in [5, 5.41) is 4.33. The fourth-order valence-corrected chi connectivity index (χ4v) is 2.84. The van der Waals surface area contributed by atoms with Gasteiger partial charge in [0.15, 0.2) is 0 Å². The Labute approximate surface area is 123 Å². The molecule has 0 fully saturated rings. The highest BCUT2D eigenvalue weighted by Gasteiger charge is 2.26. The van der Waals surface area contributed by atoms with E-state index in [0.717, 1.165) is 40.9 Å². The maximum atomic E-state index is 6.01. The number of halogens is 2. The molecule has 3 N–H and O–H groups in total. The van der Waals surface area contributed by atoms with Gasteiger partial charge in [-0.05, 0) is 47.0 Å². The molecule has 0 saturated heterocycles. The van der Waals surface area contributed by atoms with Gasteiger partial charge in [-0.2, -0.15) is 0 Å². The summed E-state index contributed by atoms with van der Waals surface area (Å²) < 4.78 is 0.910. The minimum atomic E-state index is -0.00320. The average Bonchev–Trinajstić information content (AvgIpc) is 2.34. The lowest BCUT2D eigenvalue weighted by Crippen LogP contribution is -2.45. The minimum Gasteiger partial charge on any atom is -0.378 e. The molecule has 0 bridgehead atoms. The molecule has 1 rings (SSSR count). The number of hydrogen-bond acceptors (Lipinski definition) is 2. The zero-order chi connectivity index (χ0) is 13.6. The fraction of sp³-hybridized carbons (Fsp3) is 0.571. The van der Waals surface area contributed by atoms with E-state index in [9.17, 15) is 0 Å². The van der Waals surface area contributed by atoms with Crippen molar-refractivity contribution in [1.29, 1.82) is 0 Å². The molecule has 1 aromatic rings. The number of nitrogens with one attached hydrogen (secondary N) is 1. The summed E-state index contributed by atoms with van der Waals surface area (Å²) in [6.45, 7) is 5.04. The molecular weight excluding hydrogens is 312 g/mol. The smallest absolute Gasteiger partial charge is 0.0549 e. The third kappa shape index (κ3) is 4.15. The summed E-state index contributed by atoms with van der Waals surface area (Å²) in [5.74, 6) is 0. The van der Waals surface area contributed by atoms with Crippen molar-refractivity contribution in [3.8, 4) is 0 Å². The van der Waals surface area contributed by atoms with Crippen molar-refractivity contribution in [2.45, 2.75) is 45.1 Å². The van der Waals surface area contributed by atoms with Crippen LogP contribution >= 0.6 is 27.5 Å². The molecule has 0 radical (unpaired) electrons. The van der Waals surface area contributed by atoms with Crippen LogP contribution in [0.3, 0.4) is 0 Å². The summed E-state index contributed by atoms with van der Waals surface area (Å²) >= 11 is 9.46. The van der Waals surface area contributed by atoms with E-state index in [1.54, 1.807) is 0 Å². The molecule has 4 heteroatoms. The van der Waals surface area contributed by atoms with Crippen molar-refractivity contribution in [2.24, 2.45) is 5.73 Å². The van der Waals surface area contributed by atoms with Crippen LogP contribution < -0.4 is 11.1 Å². The second-order valence-electron chi connectivity index (χ2n) is 4.74. The van der Waals surface area contributed by atoms with Gasteiger partial charge in [0, 0.05) is 22.2 Å². The number of benzene rings is 1. The van der Waals surface area contributed by atoms with Gasteiger partial charge in [0.1, 0.15) is 0 Å². The van der Waals surface area contributed by atoms with E-state index < -0.39 is 0 Å². The predicted molar refractivity (Wildman–Crippen MR) is 84.4 cm³/mol. The third-order valence-corrected chi connectivity index (χ3v) is 4.39. The van der Waals surface area contributed by atoms with Gasteiger partial charge in [-0.3, -0.25) is 0 Å². The van der Waals surface area contributed by atoms with Crippen LogP contribution in [0.1, 0.15) is 39.5 Å². The molecule has 0 aliphatic rings. The molecule has 0 aliphatic heterocycles. The van der Waals surface area contributed by atoms with Gasteiger partial charge >= 0.3 is 0 Å². The quantitative estimate of drug-likeness (QED) is 0.751. The van der Waals surface area contributed by atoms with Crippen molar-refractivity contribution in [1.82, 2.24) is 0 Å². The fourth-order valence-electron chi connectivity index (χ4n) is 2.34. The Kier molecular flexibility index (Phi) is 6.47. The summed E-state index contributed by atoms with van der Waals surface area (Å²) in [7, 11) is 0. The molecule has 0 unspecified atom stereocenters. The first-order valence-corrected chi connectivity index (χ1v) is 7.67. The molecule has 18 heavy (non-hydrogen) atoms. The summed E-state index contributed by atoms with van der Waals surface area (Å²) in [4.78, 5) is 0. The molecule has 0 heterocycles. The lowest BCUT2D eigenvalue weighted by Gasteiger charge is -2.34. The van der Waals surface area contributed by atoms with Gasteiger partial charge in [-0.25, -0.2) is 0 Å². The van der Waals surface area contributed by atoms with E-state index in [2.05, 4.69) is 35.1 Å². The molecular formula is C14H22BrClN2. The summed E-state index contributed by atoms with van der Waals surface area (Å²) in [5.41, 5.74) is 7.06. The number of nitrogens with two attached hydrogens (primary N) is 1. The van der Waals surface area contributed by atoms with Gasteiger partial charge in [-0.15, -0.1) is 0 Å². The van der Waals surface area contributed by atoms with Crippen molar-refractivity contribution >= 4 is 33.2 Å². The molecule has 0 amide bonds. The minimum absolute atomic E-state index is 0.00320. The first-order valence-electron chi connectivity index (χ1n) is 6.50. The van der Waals surface area contributed by atoms with Gasteiger partial charge in [0.2, 0.25) is 0 Å². The van der Waals surface area contributed by atoms with Crippen LogP contribution in [0, 0.1) is 0 Å². The molecule has 0 atom stereocenters. The Bertz CT molecular complexity index is 376. The molecule has 0 spiro atoms. The molecule has 0 aromatic heterocycles. The molecule has 102 valence electrons. The first kappa shape index (κ1) is 15.8. The highest BCUT2D eigenvalue weighted by molar-refractivity contribution is 9.10. The van der Waals surface area contributed by atoms with E-state index in [0.29, 0.717) is 6.54 Å². The Morgan fingerprint density at radius 1 is 1.28 bits per heavy atom. The Hall–Kier alpha value is -0.250. The van der Waals surface area contributed by atoms with E-state index in [1.807, 2.05) is 18.2 Å². The van der Waals surface area contributed by atoms with Crippen molar-refractivity contribution < 1.29 is 0 Å². The lowest BCUT2D eigenvalue weighted by molar-refractivity contribution is 0.401. The highest BCUT2D eigenvalue weighted by Crippen LogP contribution is 2.29. The Morgan fingerprint density at radius 3 is 2.33 bits per heavy atom. The van der Waals surface area contributed by atoms with Crippen molar-refractivity contribution in [3.05, 3.63) is 27.7 Å². The summed E-state index contributed by atoms with van der Waals surface area (Å²) in [6.07, 6.45) is 4.41. The van der Waals surface area contributed by atoms with Crippen LogP contribution in [0.25, 0.3) is 0 Å². The molecule has 2 nitrogen and oxygen atoms in total. The average molecular weight is 334 g/mol.